The van der Waals surface area contributed by atoms with Crippen molar-refractivity contribution in [3.05, 3.63) is 58.5 Å². The molecule has 0 saturated carbocycles. The molecular weight excluding hydrogens is 256 g/mol. The van der Waals surface area contributed by atoms with Crippen LogP contribution in [0.4, 0.5) is 0 Å². The minimum atomic E-state index is 0.672. The van der Waals surface area contributed by atoms with Crippen molar-refractivity contribution < 1.29 is 18.9 Å². The Balaban J connectivity index is 2.47. The van der Waals surface area contributed by atoms with Crippen molar-refractivity contribution >= 4 is 0 Å². The van der Waals surface area contributed by atoms with Gasteiger partial charge in [0.05, 0.1) is 41.3 Å². The van der Waals surface area contributed by atoms with Gasteiger partial charge in [-0.15, -0.1) is 0 Å². The minimum absolute atomic E-state index is 0.672. The largest absolute Gasteiger partial charge is 0.501 e. The molecule has 2 rings (SSSR count). The molecule has 0 aromatic rings. The summed E-state index contributed by atoms with van der Waals surface area (Å²) in [5.74, 6) is 3.49. The lowest BCUT2D eigenvalue weighted by Crippen LogP contribution is -2.04. The summed E-state index contributed by atoms with van der Waals surface area (Å²) in [6, 6.07) is 0. The van der Waals surface area contributed by atoms with Crippen molar-refractivity contribution in [1.29, 1.82) is 0 Å². The number of ether oxygens (including phenoxy) is 4. The minimum Gasteiger partial charge on any atom is -0.501 e. The second kappa shape index (κ2) is 6.37. The standard InChI is InChI=1S/C16H20O4/c1-17-13-5-11(6-14(9-13)18-2)12-7-15(19-3)10-16(8-12)20-4/h5-8H,9-10H2,1-4H3. The number of hydrogen-bond donors (Lipinski definition) is 0. The van der Waals surface area contributed by atoms with E-state index in [2.05, 4.69) is 0 Å². The van der Waals surface area contributed by atoms with Gasteiger partial charge in [-0.05, 0) is 35.5 Å². The molecule has 0 unspecified atom stereocenters. The van der Waals surface area contributed by atoms with E-state index in [0.29, 0.717) is 12.8 Å². The fraction of sp³-hybridized carbons (Fsp3) is 0.375. The van der Waals surface area contributed by atoms with Gasteiger partial charge in [0.25, 0.3) is 0 Å². The zero-order valence-electron chi connectivity index (χ0n) is 12.4. The van der Waals surface area contributed by atoms with E-state index in [1.165, 1.54) is 0 Å². The molecule has 0 heterocycles. The molecule has 2 aliphatic carbocycles. The van der Waals surface area contributed by atoms with Crippen molar-refractivity contribution in [2.75, 3.05) is 28.4 Å². The lowest BCUT2D eigenvalue weighted by molar-refractivity contribution is 0.234. The lowest BCUT2D eigenvalue weighted by Gasteiger charge is -2.19. The summed E-state index contributed by atoms with van der Waals surface area (Å²) >= 11 is 0. The fourth-order valence-electron chi connectivity index (χ4n) is 2.18. The molecule has 108 valence electrons. The van der Waals surface area contributed by atoms with Crippen LogP contribution >= 0.6 is 0 Å². The van der Waals surface area contributed by atoms with Gasteiger partial charge >= 0.3 is 0 Å². The second-order valence-electron chi connectivity index (χ2n) is 4.52. The molecule has 0 aliphatic heterocycles. The highest BCUT2D eigenvalue weighted by Gasteiger charge is 2.16. The average molecular weight is 276 g/mol. The Morgan fingerprint density at radius 1 is 0.550 bits per heavy atom. The van der Waals surface area contributed by atoms with Crippen molar-refractivity contribution in [2.45, 2.75) is 12.8 Å². The molecule has 4 heteroatoms. The van der Waals surface area contributed by atoms with Gasteiger partial charge in [-0.2, -0.15) is 0 Å². The first-order chi connectivity index (χ1) is 9.69. The maximum absolute atomic E-state index is 5.35. The third-order valence-electron chi connectivity index (χ3n) is 3.34. The van der Waals surface area contributed by atoms with E-state index < -0.39 is 0 Å². The van der Waals surface area contributed by atoms with E-state index in [4.69, 9.17) is 18.9 Å². The third-order valence-corrected chi connectivity index (χ3v) is 3.34. The molecule has 0 N–H and O–H groups in total. The summed E-state index contributed by atoms with van der Waals surface area (Å²) in [6.07, 6.45) is 9.39. The van der Waals surface area contributed by atoms with Crippen molar-refractivity contribution in [1.82, 2.24) is 0 Å². The molecule has 0 spiro atoms. The molecule has 4 nitrogen and oxygen atoms in total. The molecule has 0 aromatic heterocycles. The first-order valence-electron chi connectivity index (χ1n) is 6.42. The van der Waals surface area contributed by atoms with Crippen LogP contribution in [-0.4, -0.2) is 28.4 Å². The second-order valence-corrected chi connectivity index (χ2v) is 4.52. The highest BCUT2D eigenvalue weighted by Crippen LogP contribution is 2.30. The van der Waals surface area contributed by atoms with E-state index in [1.807, 2.05) is 24.3 Å². The molecule has 2 aliphatic rings. The summed E-state index contributed by atoms with van der Waals surface area (Å²) < 4.78 is 21.4. The van der Waals surface area contributed by atoms with Gasteiger partial charge in [0.2, 0.25) is 0 Å². The topological polar surface area (TPSA) is 36.9 Å². The zero-order valence-corrected chi connectivity index (χ0v) is 12.4. The Bertz CT molecular complexity index is 441. The summed E-state index contributed by atoms with van der Waals surface area (Å²) in [5, 5.41) is 0. The van der Waals surface area contributed by atoms with Crippen LogP contribution in [0.15, 0.2) is 58.5 Å². The number of allylic oxidation sites excluding steroid dienone is 6. The molecule has 0 saturated heterocycles. The number of hydrogen-bond acceptors (Lipinski definition) is 4. The van der Waals surface area contributed by atoms with Crippen molar-refractivity contribution in [2.24, 2.45) is 0 Å². The van der Waals surface area contributed by atoms with Crippen LogP contribution in [-0.2, 0) is 18.9 Å². The van der Waals surface area contributed by atoms with Gasteiger partial charge < -0.3 is 18.9 Å². The molecule has 20 heavy (non-hydrogen) atoms. The van der Waals surface area contributed by atoms with Crippen LogP contribution in [0, 0.1) is 0 Å². The maximum Gasteiger partial charge on any atom is 0.104 e. The SMILES string of the molecule is COC1=CC(=C2C=C(OC)CC(OC)=C2)C=C(OC)C1. The van der Waals surface area contributed by atoms with Crippen LogP contribution in [0.2, 0.25) is 0 Å². The number of methoxy groups -OCH3 is 4. The maximum atomic E-state index is 5.35. The van der Waals surface area contributed by atoms with Gasteiger partial charge in [0, 0.05) is 0 Å². The van der Waals surface area contributed by atoms with Gasteiger partial charge in [-0.1, -0.05) is 0 Å². The fourth-order valence-corrected chi connectivity index (χ4v) is 2.18. The highest BCUT2D eigenvalue weighted by atomic mass is 16.5. The van der Waals surface area contributed by atoms with E-state index in [1.54, 1.807) is 28.4 Å². The Labute approximate surface area is 119 Å². The zero-order chi connectivity index (χ0) is 14.5. The molecule has 0 bridgehead atoms. The van der Waals surface area contributed by atoms with Crippen LogP contribution in [0.3, 0.4) is 0 Å². The van der Waals surface area contributed by atoms with E-state index in [0.717, 1.165) is 34.2 Å². The van der Waals surface area contributed by atoms with Gasteiger partial charge in [-0.3, -0.25) is 0 Å². The van der Waals surface area contributed by atoms with Crippen LogP contribution in [0.1, 0.15) is 12.8 Å². The van der Waals surface area contributed by atoms with E-state index in [-0.39, 0.29) is 0 Å². The first-order valence-corrected chi connectivity index (χ1v) is 6.42. The first kappa shape index (κ1) is 14.3. The van der Waals surface area contributed by atoms with Gasteiger partial charge in [0.1, 0.15) is 23.0 Å². The molecule has 0 fully saturated rings. The predicted octanol–water partition coefficient (Wildman–Crippen LogP) is 3.21. The van der Waals surface area contributed by atoms with E-state index >= 15 is 0 Å². The molecule has 0 atom stereocenters. The van der Waals surface area contributed by atoms with E-state index in [9.17, 15) is 0 Å². The quantitative estimate of drug-likeness (QED) is 0.790. The highest BCUT2D eigenvalue weighted by molar-refractivity contribution is 5.52. The summed E-state index contributed by atoms with van der Waals surface area (Å²) in [7, 11) is 6.67. The van der Waals surface area contributed by atoms with Crippen LogP contribution < -0.4 is 0 Å². The van der Waals surface area contributed by atoms with Gasteiger partial charge in [-0.25, -0.2) is 0 Å². The van der Waals surface area contributed by atoms with Crippen LogP contribution in [0.5, 0.6) is 0 Å². The normalized spacial score (nSPS) is 18.6. The number of rotatable bonds is 4. The molecule has 0 radical (unpaired) electrons. The predicted molar refractivity (Wildman–Crippen MR) is 76.6 cm³/mol. The Morgan fingerprint density at radius 3 is 1.00 bits per heavy atom. The summed E-state index contributed by atoms with van der Waals surface area (Å²) in [4.78, 5) is 0. The van der Waals surface area contributed by atoms with Gasteiger partial charge in [0.15, 0.2) is 0 Å². The van der Waals surface area contributed by atoms with Crippen LogP contribution in [0.25, 0.3) is 0 Å². The summed E-state index contributed by atoms with van der Waals surface area (Å²) in [5.41, 5.74) is 2.04. The molecule has 0 amide bonds. The van der Waals surface area contributed by atoms with Crippen molar-refractivity contribution in [3.63, 3.8) is 0 Å². The monoisotopic (exact) mass is 276 g/mol. The third kappa shape index (κ3) is 3.07. The molecular formula is C16H20O4. The summed E-state index contributed by atoms with van der Waals surface area (Å²) in [6.45, 7) is 0. The smallest absolute Gasteiger partial charge is 0.104 e. The Morgan fingerprint density at radius 2 is 0.800 bits per heavy atom. The lowest BCUT2D eigenvalue weighted by atomic mass is 9.96. The molecule has 0 aromatic carbocycles. The van der Waals surface area contributed by atoms with Crippen molar-refractivity contribution in [3.8, 4) is 0 Å². The Hall–Kier alpha value is -2.10. The Kier molecular flexibility index (Phi) is 4.56. The average Bonchev–Trinajstić information content (AvgIpc) is 2.53.